The van der Waals surface area contributed by atoms with Crippen molar-refractivity contribution in [1.29, 1.82) is 0 Å². The number of carbonyl (C=O) groups excluding carboxylic acids is 2. The van der Waals surface area contributed by atoms with Crippen LogP contribution in [-0.2, 0) is 9.59 Å². The van der Waals surface area contributed by atoms with Crippen LogP contribution in [0.25, 0.3) is 0 Å². The molecule has 5 nitrogen and oxygen atoms in total. The first kappa shape index (κ1) is 25.7. The minimum atomic E-state index is -0.694. The van der Waals surface area contributed by atoms with Crippen molar-refractivity contribution in [3.63, 3.8) is 0 Å². The lowest BCUT2D eigenvalue weighted by molar-refractivity contribution is -0.138. The molecule has 0 aliphatic heterocycles. The van der Waals surface area contributed by atoms with Gasteiger partial charge in [0.05, 0.1) is 17.5 Å². The van der Waals surface area contributed by atoms with E-state index in [4.69, 9.17) is 23.1 Å². The van der Waals surface area contributed by atoms with Crippen LogP contribution < -0.4 is 16.8 Å². The molecule has 1 aromatic rings. The fourth-order valence-electron chi connectivity index (χ4n) is 4.87. The van der Waals surface area contributed by atoms with Crippen LogP contribution in [0.4, 0.5) is 0 Å². The summed E-state index contributed by atoms with van der Waals surface area (Å²) in [6, 6.07) is 6.33. The van der Waals surface area contributed by atoms with Crippen molar-refractivity contribution in [1.82, 2.24) is 5.32 Å². The second-order valence-corrected chi connectivity index (χ2v) is 9.24. The average Bonchev–Trinajstić information content (AvgIpc) is 2.61. The van der Waals surface area contributed by atoms with Crippen LogP contribution in [0.1, 0.15) is 65.0 Å². The predicted molar refractivity (Wildman–Crippen MR) is 121 cm³/mol. The number of rotatable bonds is 7. The van der Waals surface area contributed by atoms with Gasteiger partial charge < -0.3 is 16.8 Å². The Kier molecular flexibility index (Phi) is 9.45. The largest absolute Gasteiger partial charge is 0.369 e. The SMILES string of the molecule is CC1CCC(C(C)C)C(C[C@H](NC(=O)[C@H](C)N)c2ccccc2Cl)(C(N)=O)C1.Cl. The van der Waals surface area contributed by atoms with Crippen LogP contribution in [0.5, 0.6) is 0 Å². The molecule has 0 radical (unpaired) electrons. The second-order valence-electron chi connectivity index (χ2n) is 8.83. The van der Waals surface area contributed by atoms with Crippen LogP contribution in [0.3, 0.4) is 0 Å². The Hall–Kier alpha value is -1.30. The molecule has 7 heteroatoms. The average molecular weight is 444 g/mol. The Balaban J connectivity index is 0.00000420. The molecule has 0 saturated heterocycles. The van der Waals surface area contributed by atoms with Gasteiger partial charge in [-0.1, -0.05) is 57.0 Å². The van der Waals surface area contributed by atoms with Crippen molar-refractivity contribution in [2.75, 3.05) is 0 Å². The van der Waals surface area contributed by atoms with Gasteiger partial charge in [0.25, 0.3) is 0 Å². The third-order valence-electron chi connectivity index (χ3n) is 6.27. The predicted octanol–water partition coefficient (Wildman–Crippen LogP) is 4.22. The molecule has 0 aromatic heterocycles. The van der Waals surface area contributed by atoms with Gasteiger partial charge in [0.1, 0.15) is 0 Å². The van der Waals surface area contributed by atoms with E-state index in [2.05, 4.69) is 26.1 Å². The molecule has 1 aliphatic carbocycles. The Bertz CT molecular complexity index is 711. The third-order valence-corrected chi connectivity index (χ3v) is 6.61. The lowest BCUT2D eigenvalue weighted by atomic mass is 9.57. The number of primary amides is 1. The summed E-state index contributed by atoms with van der Waals surface area (Å²) >= 11 is 6.45. The quantitative estimate of drug-likeness (QED) is 0.587. The summed E-state index contributed by atoms with van der Waals surface area (Å²) in [5.41, 5.74) is 11.9. The van der Waals surface area contributed by atoms with Gasteiger partial charge in [-0.05, 0) is 55.6 Å². The summed E-state index contributed by atoms with van der Waals surface area (Å²) in [5, 5.41) is 3.58. The first-order chi connectivity index (χ1) is 13.1. The summed E-state index contributed by atoms with van der Waals surface area (Å²) in [6.45, 7) is 8.09. The van der Waals surface area contributed by atoms with Gasteiger partial charge >= 0.3 is 0 Å². The first-order valence-corrected chi connectivity index (χ1v) is 10.6. The van der Waals surface area contributed by atoms with Gasteiger partial charge in [-0.2, -0.15) is 0 Å². The monoisotopic (exact) mass is 443 g/mol. The van der Waals surface area contributed by atoms with Crippen molar-refractivity contribution in [2.24, 2.45) is 34.6 Å². The lowest BCUT2D eigenvalue weighted by Gasteiger charge is -2.48. The number of nitrogens with one attached hydrogen (secondary N) is 1. The molecular formula is C22H35Cl2N3O2. The molecule has 0 spiro atoms. The standard InChI is InChI=1S/C22H34ClN3O2.ClH/c1-13(2)17-10-9-14(3)11-22(17,21(25)28)12-19(26-20(27)15(4)24)16-7-5-6-8-18(16)23;/h5-8,13-15,17,19H,9-12,24H2,1-4H3,(H2,25,28)(H,26,27);1H/t14?,15-,17?,19-,22?;/m0./s1. The van der Waals surface area contributed by atoms with E-state index in [-0.39, 0.29) is 30.1 Å². The molecule has 164 valence electrons. The number of amides is 2. The minimum Gasteiger partial charge on any atom is -0.369 e. The van der Waals surface area contributed by atoms with Gasteiger partial charge in [-0.15, -0.1) is 12.4 Å². The number of carbonyl (C=O) groups is 2. The van der Waals surface area contributed by atoms with Crippen LogP contribution >= 0.6 is 24.0 Å². The van der Waals surface area contributed by atoms with E-state index in [1.165, 1.54) is 0 Å². The molecule has 1 saturated carbocycles. The molecule has 1 aromatic carbocycles. The molecule has 0 bridgehead atoms. The molecule has 2 amide bonds. The normalized spacial score (nSPS) is 26.3. The summed E-state index contributed by atoms with van der Waals surface area (Å²) in [7, 11) is 0. The maximum Gasteiger partial charge on any atom is 0.237 e. The van der Waals surface area contributed by atoms with E-state index in [0.717, 1.165) is 24.8 Å². The Morgan fingerprint density at radius 1 is 1.24 bits per heavy atom. The molecule has 5 atom stereocenters. The van der Waals surface area contributed by atoms with Gasteiger partial charge in [-0.3, -0.25) is 9.59 Å². The number of halogens is 2. The van der Waals surface area contributed by atoms with E-state index in [0.29, 0.717) is 23.3 Å². The van der Waals surface area contributed by atoms with Crippen LogP contribution in [-0.4, -0.2) is 17.9 Å². The number of benzene rings is 1. The fraction of sp³-hybridized carbons (Fsp3) is 0.636. The molecule has 3 unspecified atom stereocenters. The highest BCUT2D eigenvalue weighted by Crippen LogP contribution is 2.52. The number of hydrogen-bond donors (Lipinski definition) is 3. The highest BCUT2D eigenvalue weighted by Gasteiger charge is 2.50. The first-order valence-electron chi connectivity index (χ1n) is 10.2. The summed E-state index contributed by atoms with van der Waals surface area (Å²) in [4.78, 5) is 25.3. The van der Waals surface area contributed by atoms with E-state index in [9.17, 15) is 9.59 Å². The maximum atomic E-state index is 12.9. The van der Waals surface area contributed by atoms with Gasteiger partial charge in [0, 0.05) is 5.02 Å². The molecule has 0 heterocycles. The maximum absolute atomic E-state index is 12.9. The molecule has 1 fully saturated rings. The molecule has 1 aliphatic rings. The zero-order chi connectivity index (χ0) is 21.1. The van der Waals surface area contributed by atoms with E-state index < -0.39 is 17.5 Å². The van der Waals surface area contributed by atoms with Crippen LogP contribution in [0.2, 0.25) is 5.02 Å². The van der Waals surface area contributed by atoms with E-state index in [1.807, 2.05) is 18.2 Å². The summed E-state index contributed by atoms with van der Waals surface area (Å²) in [6.07, 6.45) is 3.19. The third kappa shape index (κ3) is 5.87. The smallest absolute Gasteiger partial charge is 0.237 e. The Morgan fingerprint density at radius 2 is 1.86 bits per heavy atom. The highest BCUT2D eigenvalue weighted by atomic mass is 35.5. The van der Waals surface area contributed by atoms with E-state index in [1.54, 1.807) is 13.0 Å². The van der Waals surface area contributed by atoms with E-state index >= 15 is 0 Å². The van der Waals surface area contributed by atoms with Crippen molar-refractivity contribution in [2.45, 2.75) is 65.5 Å². The summed E-state index contributed by atoms with van der Waals surface area (Å²) < 4.78 is 0. The zero-order valence-corrected chi connectivity index (χ0v) is 19.4. The fourth-order valence-corrected chi connectivity index (χ4v) is 5.14. The second kappa shape index (κ2) is 10.6. The lowest BCUT2D eigenvalue weighted by Crippen LogP contribution is -2.51. The summed E-state index contributed by atoms with van der Waals surface area (Å²) in [5.74, 6) is 0.326. The van der Waals surface area contributed by atoms with Gasteiger partial charge in [-0.25, -0.2) is 0 Å². The van der Waals surface area contributed by atoms with Crippen molar-refractivity contribution in [3.05, 3.63) is 34.9 Å². The van der Waals surface area contributed by atoms with Gasteiger partial charge in [0.2, 0.25) is 11.8 Å². The molecule has 5 N–H and O–H groups in total. The number of nitrogens with two attached hydrogens (primary N) is 2. The Labute approximate surface area is 185 Å². The van der Waals surface area contributed by atoms with Crippen molar-refractivity contribution in [3.8, 4) is 0 Å². The van der Waals surface area contributed by atoms with Crippen LogP contribution in [0.15, 0.2) is 24.3 Å². The Morgan fingerprint density at radius 3 is 2.38 bits per heavy atom. The topological polar surface area (TPSA) is 98.2 Å². The molecule has 2 rings (SSSR count). The van der Waals surface area contributed by atoms with Crippen molar-refractivity contribution < 1.29 is 9.59 Å². The number of hydrogen-bond acceptors (Lipinski definition) is 3. The molecule has 29 heavy (non-hydrogen) atoms. The molecular weight excluding hydrogens is 409 g/mol. The zero-order valence-electron chi connectivity index (χ0n) is 17.8. The van der Waals surface area contributed by atoms with Crippen LogP contribution in [0, 0.1) is 23.2 Å². The van der Waals surface area contributed by atoms with Crippen molar-refractivity contribution >= 4 is 35.8 Å². The van der Waals surface area contributed by atoms with Gasteiger partial charge in [0.15, 0.2) is 0 Å². The highest BCUT2D eigenvalue weighted by molar-refractivity contribution is 6.31. The minimum absolute atomic E-state index is 0.